The monoisotopic (exact) mass is 265 g/mol. The molecule has 0 aliphatic heterocycles. The zero-order valence-corrected chi connectivity index (χ0v) is 11.6. The fourth-order valence-corrected chi connectivity index (χ4v) is 2.52. The molecule has 0 bridgehead atoms. The highest BCUT2D eigenvalue weighted by Gasteiger charge is 2.13. The minimum absolute atomic E-state index is 0.0295. The van der Waals surface area contributed by atoms with Crippen molar-refractivity contribution in [2.45, 2.75) is 19.8 Å². The Morgan fingerprint density at radius 1 is 1.00 bits per heavy atom. The molecule has 1 aromatic heterocycles. The van der Waals surface area contributed by atoms with Gasteiger partial charge >= 0.3 is 0 Å². The largest absolute Gasteiger partial charge is 0.253 e. The Hall–Kier alpha value is -2.22. The lowest BCUT2D eigenvalue weighted by Gasteiger charge is -2.14. The summed E-state index contributed by atoms with van der Waals surface area (Å²) in [7, 11) is 0. The third-order valence-electron chi connectivity index (χ3n) is 3.72. The number of benzene rings is 2. The smallest absolute Gasteiger partial charge is 0.127 e. The van der Waals surface area contributed by atoms with E-state index in [1.807, 2.05) is 44.2 Å². The molecule has 0 radical (unpaired) electrons. The van der Waals surface area contributed by atoms with Gasteiger partial charge in [0.2, 0.25) is 0 Å². The molecule has 3 rings (SSSR count). The van der Waals surface area contributed by atoms with Crippen LogP contribution in [0, 0.1) is 12.7 Å². The average Bonchev–Trinajstić information content (AvgIpc) is 2.46. The van der Waals surface area contributed by atoms with E-state index in [0.29, 0.717) is 0 Å². The van der Waals surface area contributed by atoms with Gasteiger partial charge in [0, 0.05) is 17.0 Å². The molecule has 100 valence electrons. The molecule has 2 aromatic carbocycles. The molecule has 2 heteroatoms. The summed E-state index contributed by atoms with van der Waals surface area (Å²) >= 11 is 0. The van der Waals surface area contributed by atoms with E-state index in [4.69, 9.17) is 0 Å². The first-order valence-electron chi connectivity index (χ1n) is 6.77. The van der Waals surface area contributed by atoms with Crippen molar-refractivity contribution in [2.24, 2.45) is 0 Å². The van der Waals surface area contributed by atoms with Crippen molar-refractivity contribution in [2.75, 3.05) is 0 Å². The highest BCUT2D eigenvalue weighted by Crippen LogP contribution is 2.28. The molecule has 0 aliphatic carbocycles. The van der Waals surface area contributed by atoms with E-state index in [9.17, 15) is 4.39 Å². The molecule has 0 amide bonds. The van der Waals surface area contributed by atoms with Crippen molar-refractivity contribution in [3.8, 4) is 0 Å². The summed E-state index contributed by atoms with van der Waals surface area (Å²) in [5, 5.41) is 1.09. The molecule has 3 aromatic rings. The van der Waals surface area contributed by atoms with E-state index in [1.165, 1.54) is 6.07 Å². The lowest BCUT2D eigenvalue weighted by molar-refractivity contribution is 0.603. The van der Waals surface area contributed by atoms with Gasteiger partial charge in [-0.2, -0.15) is 0 Å². The maximum atomic E-state index is 13.9. The Morgan fingerprint density at radius 3 is 2.60 bits per heavy atom. The van der Waals surface area contributed by atoms with Crippen LogP contribution in [0.15, 0.2) is 54.6 Å². The summed E-state index contributed by atoms with van der Waals surface area (Å²) in [6.45, 7) is 4.01. The van der Waals surface area contributed by atoms with E-state index < -0.39 is 0 Å². The van der Waals surface area contributed by atoms with Gasteiger partial charge in [0.05, 0.1) is 5.52 Å². The number of pyridine rings is 1. The molecular formula is C18H16FN. The second-order valence-electron chi connectivity index (χ2n) is 5.15. The third-order valence-corrected chi connectivity index (χ3v) is 3.72. The molecule has 1 atom stereocenters. The molecule has 0 spiro atoms. The SMILES string of the molecule is Cc1ccc2cc(C(C)c3ccccc3F)ccc2n1. The number of nitrogens with zero attached hydrogens (tertiary/aromatic N) is 1. The molecule has 0 saturated carbocycles. The first-order chi connectivity index (χ1) is 9.65. The van der Waals surface area contributed by atoms with Crippen LogP contribution in [0.3, 0.4) is 0 Å². The van der Waals surface area contributed by atoms with E-state index in [0.717, 1.165) is 27.7 Å². The van der Waals surface area contributed by atoms with Crippen LogP contribution < -0.4 is 0 Å². The lowest BCUT2D eigenvalue weighted by atomic mass is 9.92. The number of rotatable bonds is 2. The summed E-state index contributed by atoms with van der Waals surface area (Å²) in [6.07, 6.45) is 0. The van der Waals surface area contributed by atoms with Gasteiger partial charge in [-0.3, -0.25) is 4.98 Å². The number of hydrogen-bond acceptors (Lipinski definition) is 1. The standard InChI is InChI=1S/C18H16FN/c1-12-7-8-15-11-14(9-10-18(15)20-12)13(2)16-5-3-4-6-17(16)19/h3-11,13H,1-2H3. The summed E-state index contributed by atoms with van der Waals surface area (Å²) in [6, 6.07) is 17.2. The van der Waals surface area contributed by atoms with Gasteiger partial charge in [0.15, 0.2) is 0 Å². The van der Waals surface area contributed by atoms with Gasteiger partial charge in [-0.1, -0.05) is 37.3 Å². The topological polar surface area (TPSA) is 12.9 Å². The summed E-state index contributed by atoms with van der Waals surface area (Å²) < 4.78 is 13.9. The van der Waals surface area contributed by atoms with Crippen molar-refractivity contribution < 1.29 is 4.39 Å². The highest BCUT2D eigenvalue weighted by atomic mass is 19.1. The van der Waals surface area contributed by atoms with Gasteiger partial charge < -0.3 is 0 Å². The van der Waals surface area contributed by atoms with Crippen LogP contribution in [0.1, 0.15) is 29.7 Å². The Bertz CT molecular complexity index is 764. The van der Waals surface area contributed by atoms with Crippen LogP contribution >= 0.6 is 0 Å². The Balaban J connectivity index is 2.06. The first kappa shape index (κ1) is 12.8. The highest BCUT2D eigenvalue weighted by molar-refractivity contribution is 5.79. The Morgan fingerprint density at radius 2 is 1.80 bits per heavy atom. The Kier molecular flexibility index (Phi) is 3.23. The second kappa shape index (κ2) is 5.04. The van der Waals surface area contributed by atoms with Crippen LogP contribution in [0.25, 0.3) is 10.9 Å². The van der Waals surface area contributed by atoms with E-state index in [1.54, 1.807) is 6.07 Å². The average molecular weight is 265 g/mol. The van der Waals surface area contributed by atoms with Gasteiger partial charge in [-0.25, -0.2) is 4.39 Å². The van der Waals surface area contributed by atoms with Crippen LogP contribution in [-0.4, -0.2) is 4.98 Å². The third kappa shape index (κ3) is 2.29. The van der Waals surface area contributed by atoms with Gasteiger partial charge in [0.1, 0.15) is 5.82 Å². The summed E-state index contributed by atoms with van der Waals surface area (Å²) in [5.74, 6) is -0.121. The van der Waals surface area contributed by atoms with Crippen LogP contribution in [0.4, 0.5) is 4.39 Å². The zero-order valence-electron chi connectivity index (χ0n) is 11.6. The Labute approximate surface area is 118 Å². The predicted octanol–water partition coefficient (Wildman–Crippen LogP) is 4.83. The molecule has 0 saturated heterocycles. The van der Waals surface area contributed by atoms with Gasteiger partial charge in [0.25, 0.3) is 0 Å². The van der Waals surface area contributed by atoms with E-state index in [-0.39, 0.29) is 11.7 Å². The van der Waals surface area contributed by atoms with E-state index in [2.05, 4.69) is 17.1 Å². The number of halogens is 1. The van der Waals surface area contributed by atoms with Crippen molar-refractivity contribution in [1.29, 1.82) is 0 Å². The minimum Gasteiger partial charge on any atom is -0.253 e. The van der Waals surface area contributed by atoms with E-state index >= 15 is 0 Å². The van der Waals surface area contributed by atoms with Gasteiger partial charge in [-0.05, 0) is 42.3 Å². The summed E-state index contributed by atoms with van der Waals surface area (Å²) in [5.41, 5.74) is 3.82. The normalized spacial score (nSPS) is 12.6. The maximum absolute atomic E-state index is 13.9. The zero-order chi connectivity index (χ0) is 14.1. The number of hydrogen-bond donors (Lipinski definition) is 0. The fourth-order valence-electron chi connectivity index (χ4n) is 2.52. The predicted molar refractivity (Wildman–Crippen MR) is 80.4 cm³/mol. The molecule has 20 heavy (non-hydrogen) atoms. The second-order valence-corrected chi connectivity index (χ2v) is 5.15. The fraction of sp³-hybridized carbons (Fsp3) is 0.167. The number of aryl methyl sites for hydroxylation is 1. The number of fused-ring (bicyclic) bond motifs is 1. The molecule has 1 heterocycles. The minimum atomic E-state index is -0.151. The van der Waals surface area contributed by atoms with Crippen molar-refractivity contribution in [3.63, 3.8) is 0 Å². The maximum Gasteiger partial charge on any atom is 0.127 e. The van der Waals surface area contributed by atoms with Crippen molar-refractivity contribution in [3.05, 3.63) is 77.2 Å². The number of aromatic nitrogens is 1. The van der Waals surface area contributed by atoms with Crippen molar-refractivity contribution >= 4 is 10.9 Å². The van der Waals surface area contributed by atoms with Crippen LogP contribution in [0.5, 0.6) is 0 Å². The van der Waals surface area contributed by atoms with Crippen LogP contribution in [-0.2, 0) is 0 Å². The molecule has 0 aliphatic rings. The molecule has 1 unspecified atom stereocenters. The lowest BCUT2D eigenvalue weighted by Crippen LogP contribution is -1.99. The quantitative estimate of drug-likeness (QED) is 0.646. The van der Waals surface area contributed by atoms with Gasteiger partial charge in [-0.15, -0.1) is 0 Å². The molecule has 1 nitrogen and oxygen atoms in total. The summed E-state index contributed by atoms with van der Waals surface area (Å²) in [4.78, 5) is 4.49. The molecule has 0 N–H and O–H groups in total. The molecular weight excluding hydrogens is 249 g/mol. The first-order valence-corrected chi connectivity index (χ1v) is 6.77. The van der Waals surface area contributed by atoms with Crippen molar-refractivity contribution in [1.82, 2.24) is 4.98 Å². The van der Waals surface area contributed by atoms with Crippen LogP contribution in [0.2, 0.25) is 0 Å². The molecule has 0 fully saturated rings.